The molecule has 1 aromatic heterocycles. The van der Waals surface area contributed by atoms with Gasteiger partial charge in [0.15, 0.2) is 0 Å². The van der Waals surface area contributed by atoms with Gasteiger partial charge in [0.2, 0.25) is 0 Å². The van der Waals surface area contributed by atoms with Gasteiger partial charge in [0.25, 0.3) is 0 Å². The van der Waals surface area contributed by atoms with E-state index in [1.165, 1.54) is 6.07 Å². The number of aromatic nitrogens is 1. The second-order valence-electron chi connectivity index (χ2n) is 2.99. The molecule has 4 heteroatoms. The average Bonchev–Trinajstić information content (AvgIpc) is 2.52. The Kier molecular flexibility index (Phi) is 1.96. The molecule has 0 radical (unpaired) electrons. The molecular formula is C9H10FN3. The second kappa shape index (κ2) is 3.12. The lowest BCUT2D eigenvalue weighted by Crippen LogP contribution is -2.16. The van der Waals surface area contributed by atoms with Crippen molar-refractivity contribution < 1.29 is 4.39 Å². The van der Waals surface area contributed by atoms with E-state index in [-0.39, 0.29) is 11.9 Å². The summed E-state index contributed by atoms with van der Waals surface area (Å²) in [5, 5.41) is 5.76. The highest BCUT2D eigenvalue weighted by Gasteiger charge is 2.23. The summed E-state index contributed by atoms with van der Waals surface area (Å²) >= 11 is 0. The number of rotatable bonds is 1. The van der Waals surface area contributed by atoms with E-state index in [0.717, 1.165) is 6.42 Å². The molecule has 1 aliphatic rings. The monoisotopic (exact) mass is 179 g/mol. The van der Waals surface area contributed by atoms with E-state index in [9.17, 15) is 4.39 Å². The molecule has 0 aromatic carbocycles. The zero-order valence-electron chi connectivity index (χ0n) is 7.31. The quantitative estimate of drug-likeness (QED) is 0.654. The summed E-state index contributed by atoms with van der Waals surface area (Å²) in [5.74, 6) is -0.259. The molecule has 3 nitrogen and oxygen atoms in total. The number of nitrogens with zero attached hydrogens (tertiary/aromatic N) is 3. The highest BCUT2D eigenvalue weighted by molar-refractivity contribution is 5.60. The van der Waals surface area contributed by atoms with E-state index in [1.54, 1.807) is 23.5 Å². The molecule has 68 valence electrons. The minimum absolute atomic E-state index is 0.0406. The van der Waals surface area contributed by atoms with Crippen molar-refractivity contribution in [2.24, 2.45) is 5.10 Å². The van der Waals surface area contributed by atoms with Crippen LogP contribution < -0.4 is 0 Å². The van der Waals surface area contributed by atoms with Crippen LogP contribution in [-0.2, 0) is 0 Å². The highest BCUT2D eigenvalue weighted by Crippen LogP contribution is 2.26. The Morgan fingerprint density at radius 2 is 2.46 bits per heavy atom. The lowest BCUT2D eigenvalue weighted by atomic mass is 10.1. The van der Waals surface area contributed by atoms with E-state index >= 15 is 0 Å². The van der Waals surface area contributed by atoms with Gasteiger partial charge in [0.05, 0.1) is 6.04 Å². The number of hydrazone groups is 1. The minimum atomic E-state index is -0.259. The molecular weight excluding hydrogens is 169 g/mol. The third kappa shape index (κ3) is 1.39. The van der Waals surface area contributed by atoms with Crippen molar-refractivity contribution in [1.82, 2.24) is 9.99 Å². The Labute approximate surface area is 75.9 Å². The fraction of sp³-hybridized carbons (Fsp3) is 0.333. The summed E-state index contributed by atoms with van der Waals surface area (Å²) < 4.78 is 13.3. The van der Waals surface area contributed by atoms with Crippen LogP contribution >= 0.6 is 0 Å². The van der Waals surface area contributed by atoms with Crippen molar-refractivity contribution in [2.45, 2.75) is 12.5 Å². The van der Waals surface area contributed by atoms with E-state index in [4.69, 9.17) is 0 Å². The summed E-state index contributed by atoms with van der Waals surface area (Å²) in [7, 11) is 1.82. The van der Waals surface area contributed by atoms with Crippen molar-refractivity contribution in [1.29, 1.82) is 0 Å². The molecule has 1 aliphatic heterocycles. The molecule has 1 unspecified atom stereocenters. The van der Waals surface area contributed by atoms with Gasteiger partial charge in [-0.05, 0) is 12.1 Å². The Hall–Kier alpha value is -1.45. The standard InChI is InChI=1S/C9H10FN3/c1-13-8(4-6-12-13)9-7(10)3-2-5-11-9/h2-3,5-6,8H,4H2,1H3. The van der Waals surface area contributed by atoms with Gasteiger partial charge in [0, 0.05) is 25.9 Å². The third-order valence-corrected chi connectivity index (χ3v) is 2.15. The summed E-state index contributed by atoms with van der Waals surface area (Å²) in [4.78, 5) is 4.01. The largest absolute Gasteiger partial charge is 0.291 e. The molecule has 0 fully saturated rings. The van der Waals surface area contributed by atoms with Crippen LogP contribution in [0.15, 0.2) is 23.4 Å². The number of hydrogen-bond acceptors (Lipinski definition) is 3. The first-order valence-electron chi connectivity index (χ1n) is 4.14. The smallest absolute Gasteiger partial charge is 0.146 e. The topological polar surface area (TPSA) is 28.5 Å². The lowest BCUT2D eigenvalue weighted by Gasteiger charge is -2.18. The zero-order chi connectivity index (χ0) is 9.26. The molecule has 2 rings (SSSR count). The summed E-state index contributed by atoms with van der Waals surface area (Å²) in [5.41, 5.74) is 0.475. The second-order valence-corrected chi connectivity index (χ2v) is 2.99. The maximum Gasteiger partial charge on any atom is 0.146 e. The van der Waals surface area contributed by atoms with E-state index in [2.05, 4.69) is 10.1 Å². The van der Waals surface area contributed by atoms with Crippen LogP contribution in [0.25, 0.3) is 0 Å². The Morgan fingerprint density at radius 1 is 1.62 bits per heavy atom. The first-order chi connectivity index (χ1) is 6.29. The Balaban J connectivity index is 2.31. The van der Waals surface area contributed by atoms with Crippen LogP contribution in [0.5, 0.6) is 0 Å². The van der Waals surface area contributed by atoms with Crippen molar-refractivity contribution >= 4 is 6.21 Å². The average molecular weight is 179 g/mol. The Bertz CT molecular complexity index is 337. The zero-order valence-corrected chi connectivity index (χ0v) is 7.31. The summed E-state index contributed by atoms with van der Waals surface area (Å²) in [6.45, 7) is 0. The van der Waals surface area contributed by atoms with Gasteiger partial charge in [-0.2, -0.15) is 5.10 Å². The molecule has 13 heavy (non-hydrogen) atoms. The van der Waals surface area contributed by atoms with Crippen molar-refractivity contribution in [3.63, 3.8) is 0 Å². The maximum absolute atomic E-state index is 13.3. The fourth-order valence-corrected chi connectivity index (χ4v) is 1.44. The molecule has 0 N–H and O–H groups in total. The first-order valence-corrected chi connectivity index (χ1v) is 4.14. The third-order valence-electron chi connectivity index (χ3n) is 2.15. The van der Waals surface area contributed by atoms with Crippen LogP contribution in [0.3, 0.4) is 0 Å². The predicted octanol–water partition coefficient (Wildman–Crippen LogP) is 1.58. The van der Waals surface area contributed by atoms with Crippen LogP contribution in [-0.4, -0.2) is 23.3 Å². The Morgan fingerprint density at radius 3 is 3.08 bits per heavy atom. The molecule has 0 aliphatic carbocycles. The van der Waals surface area contributed by atoms with Gasteiger partial charge in [-0.1, -0.05) is 0 Å². The van der Waals surface area contributed by atoms with Gasteiger partial charge >= 0.3 is 0 Å². The van der Waals surface area contributed by atoms with Crippen molar-refractivity contribution in [2.75, 3.05) is 7.05 Å². The van der Waals surface area contributed by atoms with Crippen LogP contribution in [0, 0.1) is 5.82 Å². The summed E-state index contributed by atoms with van der Waals surface area (Å²) in [6, 6.07) is 2.98. The predicted molar refractivity (Wildman–Crippen MR) is 47.8 cm³/mol. The molecule has 0 saturated carbocycles. The number of pyridine rings is 1. The molecule has 1 aromatic rings. The fourth-order valence-electron chi connectivity index (χ4n) is 1.44. The first kappa shape index (κ1) is 8.16. The minimum Gasteiger partial charge on any atom is -0.291 e. The van der Waals surface area contributed by atoms with Gasteiger partial charge in [-0.25, -0.2) is 4.39 Å². The van der Waals surface area contributed by atoms with Gasteiger partial charge in [0.1, 0.15) is 11.5 Å². The van der Waals surface area contributed by atoms with E-state index in [1.807, 2.05) is 7.05 Å². The highest BCUT2D eigenvalue weighted by atomic mass is 19.1. The van der Waals surface area contributed by atoms with Gasteiger partial charge in [-0.15, -0.1) is 0 Å². The van der Waals surface area contributed by atoms with Crippen molar-refractivity contribution in [3.8, 4) is 0 Å². The van der Waals surface area contributed by atoms with E-state index < -0.39 is 0 Å². The van der Waals surface area contributed by atoms with Gasteiger partial charge < -0.3 is 0 Å². The molecule has 1 atom stereocenters. The normalized spacial score (nSPS) is 21.1. The SMILES string of the molecule is CN1N=CCC1c1ncccc1F. The van der Waals surface area contributed by atoms with Crippen LogP contribution in [0.4, 0.5) is 4.39 Å². The van der Waals surface area contributed by atoms with Crippen LogP contribution in [0.2, 0.25) is 0 Å². The molecule has 0 amide bonds. The number of hydrogen-bond donors (Lipinski definition) is 0. The van der Waals surface area contributed by atoms with Crippen LogP contribution in [0.1, 0.15) is 18.2 Å². The number of halogens is 1. The van der Waals surface area contributed by atoms with Gasteiger partial charge in [-0.3, -0.25) is 9.99 Å². The molecule has 0 bridgehead atoms. The molecule has 0 saturated heterocycles. The summed E-state index contributed by atoms with van der Waals surface area (Å²) in [6.07, 6.45) is 4.10. The molecule has 0 spiro atoms. The van der Waals surface area contributed by atoms with Crippen molar-refractivity contribution in [3.05, 3.63) is 29.8 Å². The lowest BCUT2D eigenvalue weighted by molar-refractivity contribution is 0.277. The maximum atomic E-state index is 13.3. The van der Waals surface area contributed by atoms with E-state index in [0.29, 0.717) is 5.69 Å². The molecule has 2 heterocycles.